The van der Waals surface area contributed by atoms with E-state index in [1.165, 1.54) is 257 Å². The van der Waals surface area contributed by atoms with Gasteiger partial charge in [-0.2, -0.15) is 0 Å². The number of nitrogens with one attached hydrogen (secondary N) is 1. The number of quaternary nitrogens is 1. The number of carbonyl (C=O) groups excluding carboxylic acids is 2. The SMILES string of the molecule is CCCCCCCC/C=C/CCCCCCCCCCCCCCCCCC(=O)OC(/C=C/CCCCCCCCCCCC)C(COP(=O)(O)OCC[N+](C)(C)C)NC(=O)CCCCCCCCCCCCCCCCC. The highest BCUT2D eigenvalue weighted by molar-refractivity contribution is 7.47. The molecule has 0 aliphatic rings. The van der Waals surface area contributed by atoms with Gasteiger partial charge in [0.1, 0.15) is 19.3 Å². The number of ether oxygens (including phenoxy) is 1. The Morgan fingerprint density at radius 1 is 0.436 bits per heavy atom. The van der Waals surface area contributed by atoms with Crippen molar-refractivity contribution in [2.45, 2.75) is 360 Å². The van der Waals surface area contributed by atoms with Crippen molar-refractivity contribution in [1.29, 1.82) is 0 Å². The summed E-state index contributed by atoms with van der Waals surface area (Å²) in [7, 11) is 1.52. The Morgan fingerprint density at radius 3 is 1.09 bits per heavy atom. The largest absolute Gasteiger partial charge is 0.472 e. The second-order valence-electron chi connectivity index (χ2n) is 24.7. The van der Waals surface area contributed by atoms with E-state index >= 15 is 0 Å². The van der Waals surface area contributed by atoms with Gasteiger partial charge in [0, 0.05) is 12.8 Å². The van der Waals surface area contributed by atoms with Crippen LogP contribution in [0.2, 0.25) is 0 Å². The molecule has 0 bridgehead atoms. The van der Waals surface area contributed by atoms with Crippen LogP contribution < -0.4 is 5.32 Å². The Hall–Kier alpha value is -1.51. The number of phosphoric acid groups is 1. The fourth-order valence-electron chi connectivity index (χ4n) is 10.4. The predicted molar refractivity (Wildman–Crippen MR) is 337 cm³/mol. The number of amides is 1. The average molecular weight is 1120 g/mol. The first kappa shape index (κ1) is 76.5. The molecule has 2 N–H and O–H groups in total. The van der Waals surface area contributed by atoms with Crippen molar-refractivity contribution in [3.05, 3.63) is 24.3 Å². The Labute approximate surface area is 485 Å². The number of hydrogen-bond donors (Lipinski definition) is 2. The molecule has 0 saturated heterocycles. The first-order valence-corrected chi connectivity index (χ1v) is 35.7. The molecule has 0 saturated carbocycles. The third-order valence-corrected chi connectivity index (χ3v) is 16.6. The number of hydrogen-bond acceptors (Lipinski definition) is 6. The van der Waals surface area contributed by atoms with E-state index < -0.39 is 20.0 Å². The van der Waals surface area contributed by atoms with E-state index in [9.17, 15) is 19.0 Å². The molecular weight excluding hydrogens is 988 g/mol. The summed E-state index contributed by atoms with van der Waals surface area (Å²) in [4.78, 5) is 37.8. The number of nitrogens with zero attached hydrogens (tertiary/aromatic N) is 1. The Kier molecular flexibility index (Phi) is 57.5. The molecular formula is C68H134N2O7P+. The van der Waals surface area contributed by atoms with Crippen molar-refractivity contribution < 1.29 is 37.3 Å². The number of rotatable bonds is 63. The van der Waals surface area contributed by atoms with Crippen LogP contribution >= 0.6 is 7.82 Å². The number of phosphoric ester groups is 1. The van der Waals surface area contributed by atoms with Crippen LogP contribution in [-0.4, -0.2) is 74.3 Å². The van der Waals surface area contributed by atoms with Crippen molar-refractivity contribution in [2.24, 2.45) is 0 Å². The summed E-state index contributed by atoms with van der Waals surface area (Å²) in [5, 5.41) is 3.07. The van der Waals surface area contributed by atoms with Gasteiger partial charge in [-0.25, -0.2) is 4.57 Å². The quantitative estimate of drug-likeness (QED) is 0.0205. The molecule has 9 nitrogen and oxygen atoms in total. The van der Waals surface area contributed by atoms with Crippen molar-refractivity contribution in [3.63, 3.8) is 0 Å². The summed E-state index contributed by atoms with van der Waals surface area (Å²) in [6.45, 7) is 7.06. The molecule has 10 heteroatoms. The molecule has 0 aromatic carbocycles. The summed E-state index contributed by atoms with van der Waals surface area (Å²) in [5.41, 5.74) is 0. The maximum absolute atomic E-state index is 13.6. The van der Waals surface area contributed by atoms with Crippen molar-refractivity contribution in [1.82, 2.24) is 5.32 Å². The van der Waals surface area contributed by atoms with Crippen LogP contribution in [0.1, 0.15) is 348 Å². The molecule has 462 valence electrons. The van der Waals surface area contributed by atoms with Gasteiger partial charge in [0.15, 0.2) is 0 Å². The third-order valence-electron chi connectivity index (χ3n) is 15.6. The van der Waals surface area contributed by atoms with E-state index in [2.05, 4.69) is 38.2 Å². The van der Waals surface area contributed by atoms with Crippen molar-refractivity contribution in [3.8, 4) is 0 Å². The normalized spacial score (nSPS) is 13.7. The van der Waals surface area contributed by atoms with Crippen LogP contribution in [-0.2, 0) is 27.9 Å². The average Bonchev–Trinajstić information content (AvgIpc) is 3.40. The van der Waals surface area contributed by atoms with Gasteiger partial charge in [0.2, 0.25) is 5.91 Å². The van der Waals surface area contributed by atoms with Crippen LogP contribution in [0.15, 0.2) is 24.3 Å². The number of esters is 1. The highest BCUT2D eigenvalue weighted by atomic mass is 31.2. The van der Waals surface area contributed by atoms with Gasteiger partial charge in [0.05, 0.1) is 33.8 Å². The fourth-order valence-corrected chi connectivity index (χ4v) is 11.1. The Balaban J connectivity index is 5.03. The maximum Gasteiger partial charge on any atom is 0.472 e. The summed E-state index contributed by atoms with van der Waals surface area (Å²) < 4.78 is 30.8. The zero-order chi connectivity index (χ0) is 57.2. The molecule has 0 aromatic rings. The minimum atomic E-state index is -4.44. The van der Waals surface area contributed by atoms with Crippen LogP contribution in [0.4, 0.5) is 0 Å². The van der Waals surface area contributed by atoms with Gasteiger partial charge in [-0.1, -0.05) is 302 Å². The van der Waals surface area contributed by atoms with E-state index in [4.69, 9.17) is 13.8 Å². The zero-order valence-electron chi connectivity index (χ0n) is 52.9. The van der Waals surface area contributed by atoms with E-state index in [0.717, 1.165) is 57.8 Å². The zero-order valence-corrected chi connectivity index (χ0v) is 53.8. The highest BCUT2D eigenvalue weighted by Gasteiger charge is 2.30. The number of carbonyl (C=O) groups is 2. The monoisotopic (exact) mass is 1120 g/mol. The number of allylic oxidation sites excluding steroid dienone is 3. The molecule has 3 atom stereocenters. The summed E-state index contributed by atoms with van der Waals surface area (Å²) >= 11 is 0. The smallest absolute Gasteiger partial charge is 0.456 e. The molecule has 0 radical (unpaired) electrons. The van der Waals surface area contributed by atoms with Gasteiger partial charge in [-0.05, 0) is 57.4 Å². The standard InChI is InChI=1S/C68H133N2O7P/c1-7-10-13-16-19-22-25-28-30-31-32-33-34-35-36-37-38-39-41-43-46-49-52-55-58-61-68(72)77-66(59-56-53-50-47-44-27-24-21-18-15-12-9-3)65(64-76-78(73,74)75-63-62-70(4,5)6)69-67(71)60-57-54-51-48-45-42-40-29-26-23-20-17-14-11-8-2/h28,30,56,59,65-66H,7-27,29,31-55,57-58,60-64H2,1-6H3,(H-,69,71,73,74)/p+1/b30-28+,59-56+. The molecule has 0 aromatic heterocycles. The van der Waals surface area contributed by atoms with E-state index in [-0.39, 0.29) is 25.1 Å². The molecule has 0 heterocycles. The lowest BCUT2D eigenvalue weighted by Gasteiger charge is -2.27. The lowest BCUT2D eigenvalue weighted by Crippen LogP contribution is -2.47. The third kappa shape index (κ3) is 59.1. The molecule has 78 heavy (non-hydrogen) atoms. The number of likely N-dealkylation sites (N-methyl/N-ethyl adjacent to an activating group) is 1. The minimum Gasteiger partial charge on any atom is -0.456 e. The van der Waals surface area contributed by atoms with Gasteiger partial charge in [-0.15, -0.1) is 0 Å². The van der Waals surface area contributed by atoms with E-state index in [1.54, 1.807) is 0 Å². The predicted octanol–water partition coefficient (Wildman–Crippen LogP) is 21.3. The molecule has 0 spiro atoms. The van der Waals surface area contributed by atoms with Crippen LogP contribution in [0.25, 0.3) is 0 Å². The molecule has 0 rings (SSSR count). The lowest BCUT2D eigenvalue weighted by atomic mass is 10.0. The van der Waals surface area contributed by atoms with Crippen molar-refractivity contribution in [2.75, 3.05) is 40.9 Å². The second kappa shape index (κ2) is 58.7. The van der Waals surface area contributed by atoms with Crippen molar-refractivity contribution >= 4 is 19.7 Å². The van der Waals surface area contributed by atoms with Crippen LogP contribution in [0.3, 0.4) is 0 Å². The van der Waals surface area contributed by atoms with Gasteiger partial charge in [0.25, 0.3) is 0 Å². The topological polar surface area (TPSA) is 111 Å². The van der Waals surface area contributed by atoms with E-state index in [0.29, 0.717) is 23.9 Å². The van der Waals surface area contributed by atoms with Crippen LogP contribution in [0, 0.1) is 0 Å². The molecule has 0 aliphatic carbocycles. The lowest BCUT2D eigenvalue weighted by molar-refractivity contribution is -0.870. The minimum absolute atomic E-state index is 0.0446. The van der Waals surface area contributed by atoms with Crippen LogP contribution in [0.5, 0.6) is 0 Å². The van der Waals surface area contributed by atoms with Gasteiger partial charge >= 0.3 is 13.8 Å². The van der Waals surface area contributed by atoms with Gasteiger partial charge < -0.3 is 19.4 Å². The summed E-state index contributed by atoms with van der Waals surface area (Å²) in [6.07, 6.45) is 70.4. The molecule has 0 aliphatic heterocycles. The molecule has 0 fully saturated rings. The maximum atomic E-state index is 13.6. The summed E-state index contributed by atoms with van der Waals surface area (Å²) in [5.74, 6) is -0.484. The Morgan fingerprint density at radius 2 is 0.744 bits per heavy atom. The molecule has 1 amide bonds. The molecule has 3 unspecified atom stereocenters. The first-order valence-electron chi connectivity index (χ1n) is 34.2. The fraction of sp³-hybridized carbons (Fsp3) is 0.912. The Bertz CT molecular complexity index is 1380. The number of unbranched alkanes of at least 4 members (excludes halogenated alkanes) is 45. The highest BCUT2D eigenvalue weighted by Crippen LogP contribution is 2.43. The van der Waals surface area contributed by atoms with E-state index in [1.807, 2.05) is 33.3 Å². The van der Waals surface area contributed by atoms with Gasteiger partial charge in [-0.3, -0.25) is 18.6 Å². The summed E-state index contributed by atoms with van der Waals surface area (Å²) in [6, 6.07) is -0.842. The first-order chi connectivity index (χ1) is 37.9. The second-order valence-corrected chi connectivity index (χ2v) is 26.2.